The summed E-state index contributed by atoms with van der Waals surface area (Å²) in [7, 11) is 0. The Morgan fingerprint density at radius 3 is 3.21 bits per heavy atom. The largest absolute Gasteiger partial charge is 0.281 e. The first-order valence-corrected chi connectivity index (χ1v) is 4.97. The summed E-state index contributed by atoms with van der Waals surface area (Å²) in [4.78, 5) is 0. The molecule has 0 aromatic carbocycles. The molecule has 3 atom stereocenters. The van der Waals surface area contributed by atoms with Crippen LogP contribution in [0.1, 0.15) is 29.8 Å². The van der Waals surface area contributed by atoms with E-state index in [0.29, 0.717) is 17.5 Å². The Morgan fingerprint density at radius 1 is 1.64 bits per heavy atom. The zero-order valence-corrected chi connectivity index (χ0v) is 7.99. The lowest BCUT2D eigenvalue weighted by Crippen LogP contribution is -1.91. The van der Waals surface area contributed by atoms with E-state index in [1.54, 1.807) is 0 Å². The Morgan fingerprint density at radius 2 is 2.50 bits per heavy atom. The van der Waals surface area contributed by atoms with E-state index in [-0.39, 0.29) is 0 Å². The summed E-state index contributed by atoms with van der Waals surface area (Å²) in [5.41, 5.74) is 2.99. The Labute approximate surface area is 82.4 Å². The predicted octanol–water partition coefficient (Wildman–Crippen LogP) is 1.74. The molecule has 2 aliphatic carbocycles. The Kier molecular flexibility index (Phi) is 1.38. The van der Waals surface area contributed by atoms with Crippen LogP contribution in [-0.2, 0) is 6.42 Å². The second-order valence-corrected chi connectivity index (χ2v) is 4.07. The van der Waals surface area contributed by atoms with Crippen molar-refractivity contribution in [3.05, 3.63) is 29.1 Å². The number of hydrogen-bond acceptors (Lipinski definition) is 2. The fourth-order valence-electron chi connectivity index (χ4n) is 2.74. The van der Waals surface area contributed by atoms with Gasteiger partial charge in [0.15, 0.2) is 5.69 Å². The number of aromatic amines is 1. The van der Waals surface area contributed by atoms with Crippen molar-refractivity contribution in [2.45, 2.75) is 19.3 Å². The Bertz CT molecular complexity index is 450. The molecule has 1 aromatic heterocycles. The SMILES string of the molecule is CC=C[C@@H]1[C@@H]2Cc3c(C#N)n[nH]c3[C@H]12. The van der Waals surface area contributed by atoms with Crippen molar-refractivity contribution in [1.82, 2.24) is 10.2 Å². The maximum Gasteiger partial charge on any atom is 0.165 e. The number of hydrogen-bond donors (Lipinski definition) is 1. The quantitative estimate of drug-likeness (QED) is 0.677. The number of nitrogens with zero attached hydrogens (tertiary/aromatic N) is 2. The minimum Gasteiger partial charge on any atom is -0.281 e. The van der Waals surface area contributed by atoms with Gasteiger partial charge in [0.2, 0.25) is 0 Å². The molecule has 0 amide bonds. The van der Waals surface area contributed by atoms with Gasteiger partial charge in [0.25, 0.3) is 0 Å². The third-order valence-electron chi connectivity index (χ3n) is 3.42. The molecule has 0 saturated heterocycles. The van der Waals surface area contributed by atoms with Gasteiger partial charge in [-0.3, -0.25) is 5.10 Å². The van der Waals surface area contributed by atoms with Gasteiger partial charge in [-0.15, -0.1) is 0 Å². The number of allylic oxidation sites excluding steroid dienone is 2. The van der Waals surface area contributed by atoms with Crippen molar-refractivity contribution in [3.8, 4) is 6.07 Å². The number of nitrogens with one attached hydrogen (secondary N) is 1. The van der Waals surface area contributed by atoms with Crippen molar-refractivity contribution in [3.63, 3.8) is 0 Å². The number of rotatable bonds is 1. The van der Waals surface area contributed by atoms with E-state index in [4.69, 9.17) is 5.26 Å². The van der Waals surface area contributed by atoms with Crippen LogP contribution in [0, 0.1) is 23.2 Å². The molecule has 0 bridgehead atoms. The highest BCUT2D eigenvalue weighted by atomic mass is 15.1. The average molecular weight is 185 g/mol. The lowest BCUT2D eigenvalue weighted by molar-refractivity contribution is 0.795. The number of nitriles is 1. The molecule has 0 spiro atoms. The van der Waals surface area contributed by atoms with E-state index >= 15 is 0 Å². The predicted molar refractivity (Wildman–Crippen MR) is 51.5 cm³/mol. The molecule has 0 radical (unpaired) electrons. The van der Waals surface area contributed by atoms with Gasteiger partial charge in [-0.2, -0.15) is 10.4 Å². The molecule has 70 valence electrons. The van der Waals surface area contributed by atoms with Crippen molar-refractivity contribution >= 4 is 0 Å². The van der Waals surface area contributed by atoms with Crippen molar-refractivity contribution in [1.29, 1.82) is 5.26 Å². The summed E-state index contributed by atoms with van der Waals surface area (Å²) in [6, 6.07) is 2.13. The second-order valence-electron chi connectivity index (χ2n) is 4.07. The molecular formula is C11H11N3. The number of aromatic nitrogens is 2. The topological polar surface area (TPSA) is 52.5 Å². The van der Waals surface area contributed by atoms with Crippen LogP contribution in [0.25, 0.3) is 0 Å². The number of fused-ring (bicyclic) bond motifs is 3. The van der Waals surface area contributed by atoms with E-state index in [0.717, 1.165) is 12.3 Å². The molecule has 1 aromatic rings. The van der Waals surface area contributed by atoms with Crippen LogP contribution in [-0.4, -0.2) is 10.2 Å². The minimum atomic E-state index is 0.603. The lowest BCUT2D eigenvalue weighted by Gasteiger charge is -1.96. The zero-order chi connectivity index (χ0) is 9.71. The Hall–Kier alpha value is -1.56. The lowest BCUT2D eigenvalue weighted by atomic mass is 10.1. The normalized spacial score (nSPS) is 32.7. The number of H-pyrrole nitrogens is 1. The molecule has 3 rings (SSSR count). The van der Waals surface area contributed by atoms with Gasteiger partial charge in [-0.1, -0.05) is 12.2 Å². The van der Waals surface area contributed by atoms with Gasteiger partial charge >= 0.3 is 0 Å². The van der Waals surface area contributed by atoms with Gasteiger partial charge < -0.3 is 0 Å². The third kappa shape index (κ3) is 0.784. The summed E-state index contributed by atoms with van der Waals surface area (Å²) in [6.45, 7) is 2.06. The fourth-order valence-corrected chi connectivity index (χ4v) is 2.74. The molecular weight excluding hydrogens is 174 g/mol. The first kappa shape index (κ1) is 7.81. The highest BCUT2D eigenvalue weighted by Gasteiger charge is 2.56. The van der Waals surface area contributed by atoms with Crippen LogP contribution in [0.3, 0.4) is 0 Å². The van der Waals surface area contributed by atoms with Crippen LogP contribution in [0.5, 0.6) is 0 Å². The van der Waals surface area contributed by atoms with Gasteiger partial charge in [0.05, 0.1) is 0 Å². The summed E-state index contributed by atoms with van der Waals surface area (Å²) in [5.74, 6) is 2.05. The first-order valence-electron chi connectivity index (χ1n) is 4.97. The summed E-state index contributed by atoms with van der Waals surface area (Å²) in [6.07, 6.45) is 5.42. The van der Waals surface area contributed by atoms with Gasteiger partial charge in [-0.25, -0.2) is 0 Å². The molecule has 1 saturated carbocycles. The Balaban J connectivity index is 1.96. The maximum absolute atomic E-state index is 8.81. The molecule has 3 heteroatoms. The van der Waals surface area contributed by atoms with Crippen molar-refractivity contribution < 1.29 is 0 Å². The molecule has 2 aliphatic rings. The van der Waals surface area contributed by atoms with E-state index < -0.39 is 0 Å². The monoisotopic (exact) mass is 185 g/mol. The molecule has 14 heavy (non-hydrogen) atoms. The smallest absolute Gasteiger partial charge is 0.165 e. The summed E-state index contributed by atoms with van der Waals surface area (Å²) < 4.78 is 0. The minimum absolute atomic E-state index is 0.603. The van der Waals surface area contributed by atoms with E-state index in [2.05, 4.69) is 35.3 Å². The summed E-state index contributed by atoms with van der Waals surface area (Å²) in [5, 5.41) is 15.8. The van der Waals surface area contributed by atoms with Crippen LogP contribution in [0.15, 0.2) is 12.2 Å². The summed E-state index contributed by atoms with van der Waals surface area (Å²) >= 11 is 0. The second kappa shape index (κ2) is 2.48. The van der Waals surface area contributed by atoms with E-state index in [9.17, 15) is 0 Å². The van der Waals surface area contributed by atoms with Crippen LogP contribution in [0.2, 0.25) is 0 Å². The van der Waals surface area contributed by atoms with Gasteiger partial charge in [-0.05, 0) is 25.2 Å². The molecule has 1 fully saturated rings. The standard InChI is InChI=1S/C11H11N3/c1-2-3-6-7-4-8-9(5-12)13-14-11(8)10(6)7/h2-3,6-7,10H,4H2,1H3,(H,13,14)/t6-,7+,10-/m1/s1. The molecule has 0 aliphatic heterocycles. The highest BCUT2D eigenvalue weighted by molar-refractivity contribution is 5.46. The van der Waals surface area contributed by atoms with Crippen LogP contribution in [0.4, 0.5) is 0 Å². The molecule has 1 N–H and O–H groups in total. The molecule has 3 nitrogen and oxygen atoms in total. The fraction of sp³-hybridized carbons (Fsp3) is 0.455. The van der Waals surface area contributed by atoms with Crippen molar-refractivity contribution in [2.24, 2.45) is 11.8 Å². The van der Waals surface area contributed by atoms with Crippen molar-refractivity contribution in [2.75, 3.05) is 0 Å². The third-order valence-corrected chi connectivity index (χ3v) is 3.42. The first-order chi connectivity index (χ1) is 6.86. The highest BCUT2D eigenvalue weighted by Crippen LogP contribution is 2.61. The zero-order valence-electron chi connectivity index (χ0n) is 7.99. The maximum atomic E-state index is 8.81. The van der Waals surface area contributed by atoms with E-state index in [1.165, 1.54) is 11.3 Å². The van der Waals surface area contributed by atoms with Gasteiger partial charge in [0.1, 0.15) is 6.07 Å². The van der Waals surface area contributed by atoms with Gasteiger partial charge in [0, 0.05) is 17.2 Å². The molecule has 1 heterocycles. The van der Waals surface area contributed by atoms with Crippen LogP contribution < -0.4 is 0 Å². The van der Waals surface area contributed by atoms with E-state index in [1.807, 2.05) is 0 Å². The average Bonchev–Trinajstić information content (AvgIpc) is 2.61. The molecule has 0 unspecified atom stereocenters. The van der Waals surface area contributed by atoms with Crippen LogP contribution >= 0.6 is 0 Å².